The third kappa shape index (κ3) is 2.86. The minimum Gasteiger partial charge on any atom is -0.314 e. The number of nitrogens with one attached hydrogen (secondary N) is 1. The average molecular weight is 339 g/mol. The minimum atomic E-state index is -3.89. The van der Waals surface area contributed by atoms with E-state index < -0.39 is 20.5 Å². The van der Waals surface area contributed by atoms with Crippen molar-refractivity contribution >= 4 is 15.7 Å². The summed E-state index contributed by atoms with van der Waals surface area (Å²) in [5.41, 5.74) is -0.795. The summed E-state index contributed by atoms with van der Waals surface area (Å²) in [4.78, 5) is 10.4. The Morgan fingerprint density at radius 2 is 1.87 bits per heavy atom. The smallest absolute Gasteiger partial charge is 0.289 e. The summed E-state index contributed by atoms with van der Waals surface area (Å²) in [6.07, 6.45) is 4.70. The highest BCUT2D eigenvalue weighted by Gasteiger charge is 2.47. The Bertz CT molecular complexity index is 690. The standard InChI is InChI=1S/C15H21N3O4S/c19-18(20)13-6-2-3-7-14(13)23(21,22)17-11-10-16-12-15(17)8-4-1-5-9-15/h2-3,6-7,16H,1,4-5,8-12H2. The largest absolute Gasteiger partial charge is 0.314 e. The molecule has 1 heterocycles. The van der Waals surface area contributed by atoms with Crippen molar-refractivity contribution in [3.8, 4) is 0 Å². The van der Waals surface area contributed by atoms with Crippen molar-refractivity contribution in [1.82, 2.24) is 9.62 Å². The zero-order valence-electron chi connectivity index (χ0n) is 12.9. The lowest BCUT2D eigenvalue weighted by Crippen LogP contribution is -2.63. The van der Waals surface area contributed by atoms with Gasteiger partial charge in [-0.1, -0.05) is 31.4 Å². The summed E-state index contributed by atoms with van der Waals surface area (Å²) in [5, 5.41) is 14.5. The third-order valence-corrected chi connectivity index (χ3v) is 6.94. The van der Waals surface area contributed by atoms with E-state index in [9.17, 15) is 18.5 Å². The molecule has 1 aromatic carbocycles. The molecular formula is C15H21N3O4S. The van der Waals surface area contributed by atoms with Gasteiger partial charge in [0.1, 0.15) is 0 Å². The number of sulfonamides is 1. The molecule has 0 amide bonds. The van der Waals surface area contributed by atoms with Gasteiger partial charge in [0.25, 0.3) is 15.7 Å². The molecule has 1 saturated carbocycles. The highest BCUT2D eigenvalue weighted by atomic mass is 32.2. The molecule has 2 aliphatic rings. The van der Waals surface area contributed by atoms with Crippen LogP contribution in [0.3, 0.4) is 0 Å². The molecule has 2 fully saturated rings. The van der Waals surface area contributed by atoms with Crippen LogP contribution in [0.2, 0.25) is 0 Å². The molecule has 3 rings (SSSR count). The first kappa shape index (κ1) is 16.4. The van der Waals surface area contributed by atoms with Gasteiger partial charge in [-0.05, 0) is 18.9 Å². The van der Waals surface area contributed by atoms with E-state index in [1.165, 1.54) is 28.6 Å². The molecule has 1 spiro atoms. The lowest BCUT2D eigenvalue weighted by Gasteiger charge is -2.48. The van der Waals surface area contributed by atoms with Crippen LogP contribution in [0.5, 0.6) is 0 Å². The van der Waals surface area contributed by atoms with Crippen molar-refractivity contribution in [2.24, 2.45) is 0 Å². The summed E-state index contributed by atoms with van der Waals surface area (Å²) < 4.78 is 27.9. The first-order chi connectivity index (χ1) is 11.0. The maximum absolute atomic E-state index is 13.2. The van der Waals surface area contributed by atoms with E-state index in [-0.39, 0.29) is 10.6 Å². The summed E-state index contributed by atoms with van der Waals surface area (Å²) in [5.74, 6) is 0. The number of nitro groups is 1. The SMILES string of the molecule is O=[N+]([O-])c1ccccc1S(=O)(=O)N1CCNCC12CCCCC2. The van der Waals surface area contributed by atoms with Gasteiger partial charge in [-0.3, -0.25) is 10.1 Å². The Labute approximate surface area is 135 Å². The molecule has 0 radical (unpaired) electrons. The topological polar surface area (TPSA) is 92.5 Å². The molecule has 126 valence electrons. The van der Waals surface area contributed by atoms with E-state index in [2.05, 4.69) is 5.32 Å². The number of benzene rings is 1. The predicted octanol–water partition coefficient (Wildman–Crippen LogP) is 1.89. The van der Waals surface area contributed by atoms with Gasteiger partial charge in [-0.2, -0.15) is 4.31 Å². The Morgan fingerprint density at radius 3 is 2.57 bits per heavy atom. The van der Waals surface area contributed by atoms with E-state index in [1.807, 2.05) is 0 Å². The quantitative estimate of drug-likeness (QED) is 0.670. The van der Waals surface area contributed by atoms with Crippen molar-refractivity contribution in [3.05, 3.63) is 34.4 Å². The number of nitro benzene ring substituents is 1. The highest BCUT2D eigenvalue weighted by Crippen LogP contribution is 2.39. The molecule has 1 N–H and O–H groups in total. The second-order valence-corrected chi connectivity index (χ2v) is 8.09. The zero-order chi connectivity index (χ0) is 16.5. The maximum atomic E-state index is 13.2. The fraction of sp³-hybridized carbons (Fsp3) is 0.600. The Morgan fingerprint density at radius 1 is 1.17 bits per heavy atom. The van der Waals surface area contributed by atoms with Crippen LogP contribution < -0.4 is 5.32 Å². The van der Waals surface area contributed by atoms with Crippen molar-refractivity contribution in [2.45, 2.75) is 42.5 Å². The highest BCUT2D eigenvalue weighted by molar-refractivity contribution is 7.89. The first-order valence-electron chi connectivity index (χ1n) is 7.94. The van der Waals surface area contributed by atoms with Gasteiger partial charge in [0.15, 0.2) is 4.90 Å². The van der Waals surface area contributed by atoms with E-state index in [0.29, 0.717) is 19.6 Å². The fourth-order valence-corrected chi connectivity index (χ4v) is 5.77. The van der Waals surface area contributed by atoms with Gasteiger partial charge in [0, 0.05) is 31.2 Å². The molecule has 1 aliphatic heterocycles. The van der Waals surface area contributed by atoms with Crippen LogP contribution in [0.1, 0.15) is 32.1 Å². The van der Waals surface area contributed by atoms with Crippen LogP contribution in [0.4, 0.5) is 5.69 Å². The van der Waals surface area contributed by atoms with Crippen LogP contribution in [0, 0.1) is 10.1 Å². The fourth-order valence-electron chi connectivity index (χ4n) is 3.78. The minimum absolute atomic E-state index is 0.197. The molecular weight excluding hydrogens is 318 g/mol. The van der Waals surface area contributed by atoms with E-state index in [4.69, 9.17) is 0 Å². The second-order valence-electron chi connectivity index (χ2n) is 6.26. The predicted molar refractivity (Wildman–Crippen MR) is 85.7 cm³/mol. The summed E-state index contributed by atoms with van der Waals surface area (Å²) in [6.45, 7) is 1.54. The third-order valence-electron chi connectivity index (χ3n) is 4.89. The monoisotopic (exact) mass is 339 g/mol. The van der Waals surface area contributed by atoms with Crippen molar-refractivity contribution in [3.63, 3.8) is 0 Å². The number of hydrogen-bond acceptors (Lipinski definition) is 5. The summed E-state index contributed by atoms with van der Waals surface area (Å²) >= 11 is 0. The number of hydrogen-bond donors (Lipinski definition) is 1. The lowest BCUT2D eigenvalue weighted by atomic mass is 9.80. The van der Waals surface area contributed by atoms with E-state index in [1.54, 1.807) is 0 Å². The molecule has 1 aromatic rings. The number of para-hydroxylation sites is 1. The van der Waals surface area contributed by atoms with Crippen LogP contribution in [0.25, 0.3) is 0 Å². The van der Waals surface area contributed by atoms with Gasteiger partial charge >= 0.3 is 0 Å². The Balaban J connectivity index is 2.06. The number of piperazine rings is 1. The molecule has 0 bridgehead atoms. The number of nitrogens with zero attached hydrogens (tertiary/aromatic N) is 2. The molecule has 7 nitrogen and oxygen atoms in total. The van der Waals surface area contributed by atoms with Crippen LogP contribution in [-0.4, -0.2) is 42.8 Å². The van der Waals surface area contributed by atoms with E-state index >= 15 is 0 Å². The second kappa shape index (κ2) is 6.18. The van der Waals surface area contributed by atoms with Crippen LogP contribution in [0.15, 0.2) is 29.2 Å². The van der Waals surface area contributed by atoms with Crippen molar-refractivity contribution < 1.29 is 13.3 Å². The van der Waals surface area contributed by atoms with Crippen LogP contribution in [-0.2, 0) is 10.0 Å². The Hall–Kier alpha value is -1.51. The first-order valence-corrected chi connectivity index (χ1v) is 9.38. The lowest BCUT2D eigenvalue weighted by molar-refractivity contribution is -0.387. The normalized spacial score (nSPS) is 22.1. The van der Waals surface area contributed by atoms with Gasteiger partial charge in [0.2, 0.25) is 0 Å². The summed E-state index contributed by atoms with van der Waals surface area (Å²) in [7, 11) is -3.89. The molecule has 0 unspecified atom stereocenters. The van der Waals surface area contributed by atoms with Gasteiger partial charge in [-0.25, -0.2) is 8.42 Å². The van der Waals surface area contributed by atoms with Gasteiger partial charge < -0.3 is 5.32 Å². The maximum Gasteiger partial charge on any atom is 0.289 e. The number of rotatable bonds is 3. The van der Waals surface area contributed by atoms with Gasteiger partial charge in [0.05, 0.1) is 4.92 Å². The van der Waals surface area contributed by atoms with Crippen molar-refractivity contribution in [1.29, 1.82) is 0 Å². The molecule has 1 aliphatic carbocycles. The molecule has 0 atom stereocenters. The summed E-state index contributed by atoms with van der Waals surface area (Å²) in [6, 6.07) is 5.62. The molecule has 23 heavy (non-hydrogen) atoms. The van der Waals surface area contributed by atoms with Crippen molar-refractivity contribution in [2.75, 3.05) is 19.6 Å². The van der Waals surface area contributed by atoms with E-state index in [0.717, 1.165) is 32.1 Å². The molecule has 8 heteroatoms. The zero-order valence-corrected chi connectivity index (χ0v) is 13.7. The molecule has 1 saturated heterocycles. The van der Waals surface area contributed by atoms with Gasteiger partial charge in [-0.15, -0.1) is 0 Å². The average Bonchev–Trinajstić information content (AvgIpc) is 2.56. The Kier molecular flexibility index (Phi) is 4.39. The molecule has 0 aromatic heterocycles. The van der Waals surface area contributed by atoms with Crippen LogP contribution >= 0.6 is 0 Å².